The zero-order chi connectivity index (χ0) is 24.0. The maximum Gasteiger partial charge on any atom is 0.455 e. The number of hydrogen-bond donors (Lipinski definition) is 0. The number of halogens is 14. The molecule has 0 aliphatic heterocycles. The Labute approximate surface area is 159 Å². The molecule has 0 heterocycles. The van der Waals surface area contributed by atoms with Gasteiger partial charge in [-0.05, 0) is 0 Å². The van der Waals surface area contributed by atoms with E-state index in [0.29, 0.717) is 0 Å². The molecule has 1 unspecified atom stereocenters. The Kier molecular flexibility index (Phi) is 4.65. The zero-order valence-corrected chi connectivity index (χ0v) is 13.7. The van der Waals surface area contributed by atoms with Crippen LogP contribution in [-0.4, -0.2) is 17.9 Å². The predicted octanol–water partition coefficient (Wildman–Crippen LogP) is 5.62. The highest BCUT2D eigenvalue weighted by molar-refractivity contribution is 6.17. The number of fused-ring (bicyclic) bond motifs is 1. The molecule has 2 aromatic rings. The normalized spacial score (nSPS) is 18.8. The molecule has 0 bridgehead atoms. The van der Waals surface area contributed by atoms with Gasteiger partial charge in [-0.25, -0.2) is 39.5 Å². The molecule has 0 fully saturated rings. The Bertz CT molecular complexity index is 1140. The van der Waals surface area contributed by atoms with Gasteiger partial charge in [0, 0.05) is 5.56 Å². The van der Waals surface area contributed by atoms with E-state index in [0.717, 1.165) is 0 Å². The number of carbonyl (C=O) groups is 1. The first-order valence-electron chi connectivity index (χ1n) is 7.35. The van der Waals surface area contributed by atoms with Crippen LogP contribution in [-0.2, 0) is 5.41 Å². The maximum atomic E-state index is 14.4. The van der Waals surface area contributed by atoms with Crippen LogP contribution < -0.4 is 0 Å². The highest BCUT2D eigenvalue weighted by Gasteiger charge is 2.81. The second-order valence-corrected chi connectivity index (χ2v) is 6.10. The number of Topliss-reactive ketones (excluding diaryl/α,β-unsaturated/α-hetero) is 1. The number of alkyl halides is 5. The second-order valence-electron chi connectivity index (χ2n) is 6.10. The average molecular weight is 474 g/mol. The molecule has 0 saturated carbocycles. The maximum absolute atomic E-state index is 14.4. The van der Waals surface area contributed by atoms with E-state index in [2.05, 4.69) is 0 Å². The van der Waals surface area contributed by atoms with Gasteiger partial charge in [-0.1, -0.05) is 0 Å². The van der Waals surface area contributed by atoms with E-state index in [-0.39, 0.29) is 0 Å². The summed E-state index contributed by atoms with van der Waals surface area (Å²) < 4.78 is 191. The van der Waals surface area contributed by atoms with Gasteiger partial charge in [0.25, 0.3) is 0 Å². The van der Waals surface area contributed by atoms with Crippen molar-refractivity contribution in [3.8, 4) is 0 Å². The summed E-state index contributed by atoms with van der Waals surface area (Å²) in [6, 6.07) is 0. The van der Waals surface area contributed by atoms with Gasteiger partial charge in [-0.2, -0.15) is 22.0 Å². The number of hydrogen-bond acceptors (Lipinski definition) is 1. The largest absolute Gasteiger partial charge is 0.455 e. The van der Waals surface area contributed by atoms with Crippen molar-refractivity contribution in [3.63, 3.8) is 0 Å². The Morgan fingerprint density at radius 3 is 1.19 bits per heavy atom. The van der Waals surface area contributed by atoms with Crippen molar-refractivity contribution in [2.24, 2.45) is 0 Å². The van der Waals surface area contributed by atoms with E-state index in [1.54, 1.807) is 0 Å². The highest BCUT2D eigenvalue weighted by Crippen LogP contribution is 2.62. The van der Waals surface area contributed by atoms with E-state index in [9.17, 15) is 66.3 Å². The van der Waals surface area contributed by atoms with Crippen LogP contribution in [0, 0.1) is 52.4 Å². The molecule has 0 aromatic heterocycles. The van der Waals surface area contributed by atoms with Crippen LogP contribution in [0.1, 0.15) is 21.5 Å². The minimum absolute atomic E-state index is 2.33. The van der Waals surface area contributed by atoms with E-state index >= 15 is 0 Å². The summed E-state index contributed by atoms with van der Waals surface area (Å²) in [5.74, 6) is -38.1. The van der Waals surface area contributed by atoms with Crippen LogP contribution >= 0.6 is 0 Å². The lowest BCUT2D eigenvalue weighted by Crippen LogP contribution is -2.66. The lowest BCUT2D eigenvalue weighted by Gasteiger charge is -2.47. The van der Waals surface area contributed by atoms with Crippen molar-refractivity contribution in [1.29, 1.82) is 0 Å². The summed E-state index contributed by atoms with van der Waals surface area (Å²) in [6.07, 6.45) is -7.08. The van der Waals surface area contributed by atoms with Gasteiger partial charge in [-0.15, -0.1) is 0 Å². The molecule has 168 valence electrons. The third-order valence-electron chi connectivity index (χ3n) is 4.62. The Morgan fingerprint density at radius 2 is 0.806 bits per heavy atom. The van der Waals surface area contributed by atoms with Crippen LogP contribution in [0.3, 0.4) is 0 Å². The molecule has 31 heavy (non-hydrogen) atoms. The van der Waals surface area contributed by atoms with Gasteiger partial charge < -0.3 is 0 Å². The van der Waals surface area contributed by atoms with Crippen LogP contribution in [0.4, 0.5) is 61.5 Å². The molecule has 1 aliphatic carbocycles. The summed E-state index contributed by atoms with van der Waals surface area (Å²) >= 11 is 0. The number of carbonyl (C=O) groups excluding carboxylic acids is 1. The molecule has 0 amide bonds. The standard InChI is InChI=1S/C16F14O/c17-4-1-2(5(18)9(22)8(4)21)14(13(1)31,15(26,27)16(28,29)30)3-6(19)10(23)12(25)11(24)7(3)20. The lowest BCUT2D eigenvalue weighted by molar-refractivity contribution is -0.299. The molecule has 2 aromatic carbocycles. The third-order valence-corrected chi connectivity index (χ3v) is 4.62. The van der Waals surface area contributed by atoms with Crippen molar-refractivity contribution >= 4 is 5.78 Å². The van der Waals surface area contributed by atoms with Crippen LogP contribution in [0.2, 0.25) is 0 Å². The summed E-state index contributed by atoms with van der Waals surface area (Å²) in [4.78, 5) is 12.2. The molecule has 1 nitrogen and oxygen atoms in total. The first kappa shape index (κ1) is 22.8. The summed E-state index contributed by atoms with van der Waals surface area (Å²) in [6.45, 7) is 0. The molecule has 0 N–H and O–H groups in total. The summed E-state index contributed by atoms with van der Waals surface area (Å²) in [5.41, 5.74) is -13.8. The minimum atomic E-state index is -7.08. The van der Waals surface area contributed by atoms with Gasteiger partial charge in [-0.3, -0.25) is 4.79 Å². The summed E-state index contributed by atoms with van der Waals surface area (Å²) in [7, 11) is 0. The molecule has 3 rings (SSSR count). The minimum Gasteiger partial charge on any atom is -0.292 e. The smallest absolute Gasteiger partial charge is 0.292 e. The summed E-state index contributed by atoms with van der Waals surface area (Å²) in [5, 5.41) is 0. The fourth-order valence-corrected chi connectivity index (χ4v) is 3.28. The van der Waals surface area contributed by atoms with Crippen molar-refractivity contribution < 1.29 is 66.3 Å². The average Bonchev–Trinajstić information content (AvgIpc) is 2.67. The number of ketones is 1. The highest BCUT2D eigenvalue weighted by atomic mass is 19.4. The van der Waals surface area contributed by atoms with Gasteiger partial charge in [0.1, 0.15) is 0 Å². The topological polar surface area (TPSA) is 17.1 Å². The van der Waals surface area contributed by atoms with Crippen molar-refractivity contribution in [2.45, 2.75) is 17.5 Å². The molecular weight excluding hydrogens is 474 g/mol. The molecule has 0 spiro atoms. The van der Waals surface area contributed by atoms with E-state index < -0.39 is 92.3 Å². The van der Waals surface area contributed by atoms with Gasteiger partial charge in [0.05, 0.1) is 11.1 Å². The molecule has 0 radical (unpaired) electrons. The Morgan fingerprint density at radius 1 is 0.484 bits per heavy atom. The van der Waals surface area contributed by atoms with Gasteiger partial charge >= 0.3 is 12.1 Å². The lowest BCUT2D eigenvalue weighted by atomic mass is 9.54. The Hall–Kier alpha value is -2.87. The predicted molar refractivity (Wildman–Crippen MR) is 68.6 cm³/mol. The number of benzene rings is 2. The third kappa shape index (κ3) is 2.36. The van der Waals surface area contributed by atoms with Crippen molar-refractivity contribution in [3.05, 3.63) is 69.0 Å². The first-order chi connectivity index (χ1) is 14.0. The zero-order valence-electron chi connectivity index (χ0n) is 13.7. The molecule has 0 saturated heterocycles. The fourth-order valence-electron chi connectivity index (χ4n) is 3.28. The van der Waals surface area contributed by atoms with Gasteiger partial charge in [0.2, 0.25) is 5.82 Å². The molecule has 1 aliphatic rings. The fraction of sp³-hybridized carbons (Fsp3) is 0.188. The monoisotopic (exact) mass is 474 g/mol. The van der Waals surface area contributed by atoms with Crippen molar-refractivity contribution in [1.82, 2.24) is 0 Å². The van der Waals surface area contributed by atoms with Crippen LogP contribution in [0.25, 0.3) is 0 Å². The quantitative estimate of drug-likeness (QED) is 0.314. The van der Waals surface area contributed by atoms with Crippen molar-refractivity contribution in [2.75, 3.05) is 0 Å². The SMILES string of the molecule is O=C1c2c(F)c(F)c(F)c(F)c2C1(c1c(F)c(F)c(F)c(F)c1F)C(F)(F)C(F)(F)F. The van der Waals surface area contributed by atoms with E-state index in [1.165, 1.54) is 0 Å². The van der Waals surface area contributed by atoms with E-state index in [4.69, 9.17) is 0 Å². The molecule has 15 heteroatoms. The second kappa shape index (κ2) is 6.32. The first-order valence-corrected chi connectivity index (χ1v) is 7.35. The number of rotatable bonds is 2. The molecular formula is C16F14O. The van der Waals surface area contributed by atoms with Gasteiger partial charge in [0.15, 0.2) is 57.7 Å². The van der Waals surface area contributed by atoms with E-state index in [1.807, 2.05) is 0 Å². The van der Waals surface area contributed by atoms with Crippen LogP contribution in [0.15, 0.2) is 0 Å². The Balaban J connectivity index is 2.67. The van der Waals surface area contributed by atoms with Crippen LogP contribution in [0.5, 0.6) is 0 Å². The molecule has 1 atom stereocenters.